The summed E-state index contributed by atoms with van der Waals surface area (Å²) in [5, 5.41) is 10.7. The van der Waals surface area contributed by atoms with Gasteiger partial charge in [-0.25, -0.2) is 0 Å². The fraction of sp³-hybridized carbons (Fsp3) is 0.208. The van der Waals surface area contributed by atoms with Crippen LogP contribution < -0.4 is 9.64 Å². The number of rotatable bonds is 7. The van der Waals surface area contributed by atoms with E-state index in [1.807, 2.05) is 36.5 Å². The Morgan fingerprint density at radius 2 is 1.78 bits per heavy atom. The van der Waals surface area contributed by atoms with Crippen LogP contribution in [0.4, 0.5) is 17.1 Å². The number of non-ortho nitro benzene ring substituents is 1. The number of halogens is 1. The molecule has 32 heavy (non-hydrogen) atoms. The molecular formula is C24H22BrN3O4. The number of nitrogens with zero attached hydrogens (tertiary/aromatic N) is 3. The zero-order valence-corrected chi connectivity index (χ0v) is 18.9. The highest BCUT2D eigenvalue weighted by atomic mass is 79.9. The SMILES string of the molecule is O=[N+]([O-])c1ccc(COc2ccc(C=Nc3ccc(N4CCOCC4)cc3)cc2Br)cc1. The Hall–Kier alpha value is -3.23. The van der Waals surface area contributed by atoms with E-state index in [2.05, 4.69) is 38.0 Å². The fourth-order valence-electron chi connectivity index (χ4n) is 3.31. The van der Waals surface area contributed by atoms with Gasteiger partial charge < -0.3 is 14.4 Å². The number of anilines is 1. The van der Waals surface area contributed by atoms with Gasteiger partial charge in [0.25, 0.3) is 5.69 Å². The van der Waals surface area contributed by atoms with Gasteiger partial charge in [0, 0.05) is 37.1 Å². The first kappa shape index (κ1) is 22.0. The van der Waals surface area contributed by atoms with Crippen molar-refractivity contribution in [1.82, 2.24) is 0 Å². The van der Waals surface area contributed by atoms with Gasteiger partial charge in [-0.3, -0.25) is 15.1 Å². The second-order valence-electron chi connectivity index (χ2n) is 7.28. The maximum Gasteiger partial charge on any atom is 0.269 e. The van der Waals surface area contributed by atoms with Crippen molar-refractivity contribution in [3.63, 3.8) is 0 Å². The van der Waals surface area contributed by atoms with E-state index in [9.17, 15) is 10.1 Å². The molecule has 1 fully saturated rings. The van der Waals surface area contributed by atoms with Crippen molar-refractivity contribution in [3.8, 4) is 5.75 Å². The molecule has 0 bridgehead atoms. The monoisotopic (exact) mass is 495 g/mol. The van der Waals surface area contributed by atoms with Crippen LogP contribution in [0.25, 0.3) is 0 Å². The Labute approximate surface area is 194 Å². The molecule has 4 rings (SSSR count). The summed E-state index contributed by atoms with van der Waals surface area (Å²) < 4.78 is 12.0. The Morgan fingerprint density at radius 1 is 1.06 bits per heavy atom. The van der Waals surface area contributed by atoms with Crippen molar-refractivity contribution >= 4 is 39.2 Å². The normalized spacial score (nSPS) is 14.0. The van der Waals surface area contributed by atoms with E-state index in [-0.39, 0.29) is 5.69 Å². The minimum atomic E-state index is -0.417. The molecule has 7 nitrogen and oxygen atoms in total. The van der Waals surface area contributed by atoms with Crippen molar-refractivity contribution in [2.45, 2.75) is 6.61 Å². The van der Waals surface area contributed by atoms with Crippen molar-refractivity contribution in [2.75, 3.05) is 31.2 Å². The van der Waals surface area contributed by atoms with Crippen LogP contribution in [-0.2, 0) is 11.3 Å². The number of hydrogen-bond donors (Lipinski definition) is 0. The fourth-order valence-corrected chi connectivity index (χ4v) is 3.82. The first-order valence-electron chi connectivity index (χ1n) is 10.2. The summed E-state index contributed by atoms with van der Waals surface area (Å²) in [5.41, 5.74) is 3.93. The molecule has 0 atom stereocenters. The molecule has 164 valence electrons. The number of nitro groups is 1. The van der Waals surface area contributed by atoms with Crippen LogP contribution in [0.3, 0.4) is 0 Å². The first-order chi connectivity index (χ1) is 15.6. The number of aliphatic imine (C=N–C) groups is 1. The maximum atomic E-state index is 10.7. The molecule has 8 heteroatoms. The van der Waals surface area contributed by atoms with Crippen LogP contribution >= 0.6 is 15.9 Å². The molecule has 1 aliphatic heterocycles. The van der Waals surface area contributed by atoms with Gasteiger partial charge in [-0.15, -0.1) is 0 Å². The average Bonchev–Trinajstić information content (AvgIpc) is 2.83. The lowest BCUT2D eigenvalue weighted by atomic mass is 10.2. The Balaban J connectivity index is 1.35. The molecule has 0 radical (unpaired) electrons. The second kappa shape index (κ2) is 10.4. The summed E-state index contributed by atoms with van der Waals surface area (Å²) in [6.07, 6.45) is 1.81. The van der Waals surface area contributed by atoms with E-state index < -0.39 is 4.92 Å². The van der Waals surface area contributed by atoms with E-state index >= 15 is 0 Å². The molecule has 3 aromatic carbocycles. The van der Waals surface area contributed by atoms with Gasteiger partial charge in [-0.2, -0.15) is 0 Å². The summed E-state index contributed by atoms with van der Waals surface area (Å²) in [6.45, 7) is 3.68. The topological polar surface area (TPSA) is 77.2 Å². The molecule has 1 saturated heterocycles. The zero-order chi connectivity index (χ0) is 22.3. The molecule has 0 spiro atoms. The van der Waals surface area contributed by atoms with Gasteiger partial charge >= 0.3 is 0 Å². The van der Waals surface area contributed by atoms with E-state index in [4.69, 9.17) is 9.47 Å². The summed E-state index contributed by atoms with van der Waals surface area (Å²) in [4.78, 5) is 17.2. The van der Waals surface area contributed by atoms with Crippen LogP contribution in [0.15, 0.2) is 76.2 Å². The lowest BCUT2D eigenvalue weighted by molar-refractivity contribution is -0.384. The number of morpholine rings is 1. The molecule has 3 aromatic rings. The van der Waals surface area contributed by atoms with E-state index in [1.54, 1.807) is 12.1 Å². The maximum absolute atomic E-state index is 10.7. The summed E-state index contributed by atoms with van der Waals surface area (Å²) >= 11 is 3.54. The minimum absolute atomic E-state index is 0.0642. The lowest BCUT2D eigenvalue weighted by Crippen LogP contribution is -2.36. The zero-order valence-electron chi connectivity index (χ0n) is 17.3. The quantitative estimate of drug-likeness (QED) is 0.245. The van der Waals surface area contributed by atoms with Crippen molar-refractivity contribution in [2.24, 2.45) is 4.99 Å². The third-order valence-electron chi connectivity index (χ3n) is 5.09. The summed E-state index contributed by atoms with van der Waals surface area (Å²) in [7, 11) is 0. The van der Waals surface area contributed by atoms with E-state index in [0.29, 0.717) is 12.4 Å². The average molecular weight is 496 g/mol. The van der Waals surface area contributed by atoms with Crippen LogP contribution in [0.1, 0.15) is 11.1 Å². The Kier molecular flexibility index (Phi) is 7.14. The van der Waals surface area contributed by atoms with Crippen LogP contribution in [-0.4, -0.2) is 37.4 Å². The van der Waals surface area contributed by atoms with Gasteiger partial charge in [-0.05, 0) is 81.7 Å². The largest absolute Gasteiger partial charge is 0.488 e. The highest BCUT2D eigenvalue weighted by Gasteiger charge is 2.10. The van der Waals surface area contributed by atoms with Crippen LogP contribution in [0.2, 0.25) is 0 Å². The van der Waals surface area contributed by atoms with Crippen molar-refractivity contribution in [1.29, 1.82) is 0 Å². The standard InChI is InChI=1S/C24H22BrN3O4/c25-23-15-19(3-10-24(23)32-17-18-1-6-22(7-2-18)28(29)30)16-26-20-4-8-21(9-5-20)27-11-13-31-14-12-27/h1-10,15-16H,11-14,17H2. The summed E-state index contributed by atoms with van der Waals surface area (Å²) in [5.74, 6) is 0.690. The Bertz CT molecular complexity index is 1100. The molecule has 0 unspecified atom stereocenters. The second-order valence-corrected chi connectivity index (χ2v) is 8.13. The number of hydrogen-bond acceptors (Lipinski definition) is 6. The molecule has 1 heterocycles. The molecule has 0 aliphatic carbocycles. The van der Waals surface area contributed by atoms with Gasteiger partial charge in [0.15, 0.2) is 0 Å². The predicted octanol–water partition coefficient (Wildman–Crippen LogP) is 5.52. The van der Waals surface area contributed by atoms with Crippen molar-refractivity contribution in [3.05, 3.63) is 92.4 Å². The third kappa shape index (κ3) is 5.72. The van der Waals surface area contributed by atoms with Gasteiger partial charge in [-0.1, -0.05) is 0 Å². The third-order valence-corrected chi connectivity index (χ3v) is 5.71. The van der Waals surface area contributed by atoms with E-state index in [0.717, 1.165) is 47.6 Å². The number of benzene rings is 3. The minimum Gasteiger partial charge on any atom is -0.488 e. The smallest absolute Gasteiger partial charge is 0.269 e. The Morgan fingerprint density at radius 3 is 2.44 bits per heavy atom. The van der Waals surface area contributed by atoms with Crippen LogP contribution in [0, 0.1) is 10.1 Å². The molecule has 0 N–H and O–H groups in total. The molecular weight excluding hydrogens is 474 g/mol. The van der Waals surface area contributed by atoms with Gasteiger partial charge in [0.1, 0.15) is 12.4 Å². The van der Waals surface area contributed by atoms with Crippen molar-refractivity contribution < 1.29 is 14.4 Å². The summed E-state index contributed by atoms with van der Waals surface area (Å²) in [6, 6.07) is 20.3. The first-order valence-corrected chi connectivity index (χ1v) is 11.0. The highest BCUT2D eigenvalue weighted by molar-refractivity contribution is 9.10. The predicted molar refractivity (Wildman–Crippen MR) is 128 cm³/mol. The van der Waals surface area contributed by atoms with Gasteiger partial charge in [0.05, 0.1) is 28.3 Å². The number of ether oxygens (including phenoxy) is 2. The molecule has 1 aliphatic rings. The molecule has 0 amide bonds. The van der Waals surface area contributed by atoms with Crippen LogP contribution in [0.5, 0.6) is 5.75 Å². The number of nitro benzene ring substituents is 1. The molecule has 0 saturated carbocycles. The molecule has 0 aromatic heterocycles. The van der Waals surface area contributed by atoms with E-state index in [1.165, 1.54) is 17.8 Å². The highest BCUT2D eigenvalue weighted by Crippen LogP contribution is 2.27. The van der Waals surface area contributed by atoms with Gasteiger partial charge in [0.2, 0.25) is 0 Å². The lowest BCUT2D eigenvalue weighted by Gasteiger charge is -2.28.